The molecule has 0 aliphatic heterocycles. The van der Waals surface area contributed by atoms with E-state index in [-0.39, 0.29) is 18.5 Å². The molecule has 200 valence electrons. The molecule has 0 aromatic heterocycles. The topological polar surface area (TPSA) is 137 Å². The first-order valence-electron chi connectivity index (χ1n) is 11.9. The first-order chi connectivity index (χ1) is 17.1. The number of esters is 1. The molecule has 0 saturated carbocycles. The molecule has 0 spiro atoms. The number of amides is 2. The number of rotatable bonds is 9. The van der Waals surface area contributed by atoms with Gasteiger partial charge in [0, 0.05) is 25.0 Å². The molecule has 10 heteroatoms. The Morgan fingerprint density at radius 1 is 0.784 bits per heavy atom. The van der Waals surface area contributed by atoms with Crippen molar-refractivity contribution in [2.45, 2.75) is 77.7 Å². The quantitative estimate of drug-likeness (QED) is 0.293. The number of nitrogens with zero attached hydrogens (tertiary/aromatic N) is 1. The summed E-state index contributed by atoms with van der Waals surface area (Å²) in [7, 11) is 0. The fourth-order valence-corrected chi connectivity index (χ4v) is 3.34. The second kappa shape index (κ2) is 12.3. The maximum absolute atomic E-state index is 13.4. The molecule has 0 aliphatic rings. The molecule has 2 N–H and O–H groups in total. The van der Waals surface area contributed by atoms with Crippen molar-refractivity contribution in [1.82, 2.24) is 10.6 Å². The van der Waals surface area contributed by atoms with Crippen LogP contribution in [0.4, 0.5) is 10.5 Å². The van der Waals surface area contributed by atoms with Crippen molar-refractivity contribution in [3.63, 3.8) is 0 Å². The van der Waals surface area contributed by atoms with Crippen LogP contribution in [0.5, 0.6) is 0 Å². The molecule has 10 nitrogen and oxygen atoms in total. The highest BCUT2D eigenvalue weighted by Crippen LogP contribution is 2.16. The van der Waals surface area contributed by atoms with Crippen LogP contribution in [0.25, 0.3) is 0 Å². The lowest BCUT2D eigenvalue weighted by molar-refractivity contribution is -0.384. The van der Waals surface area contributed by atoms with Crippen molar-refractivity contribution in [2.75, 3.05) is 0 Å². The van der Waals surface area contributed by atoms with Gasteiger partial charge >= 0.3 is 12.1 Å². The summed E-state index contributed by atoms with van der Waals surface area (Å²) in [5.74, 6) is -1.28. The van der Waals surface area contributed by atoms with E-state index < -0.39 is 46.2 Å². The third-order valence-electron chi connectivity index (χ3n) is 4.88. The van der Waals surface area contributed by atoms with Gasteiger partial charge in [-0.3, -0.25) is 14.9 Å². The van der Waals surface area contributed by atoms with E-state index in [1.54, 1.807) is 41.5 Å². The largest absolute Gasteiger partial charge is 0.458 e. The van der Waals surface area contributed by atoms with Crippen LogP contribution < -0.4 is 10.6 Å². The number of ether oxygens (including phenoxy) is 2. The van der Waals surface area contributed by atoms with E-state index >= 15 is 0 Å². The summed E-state index contributed by atoms with van der Waals surface area (Å²) in [5.41, 5.74) is -0.295. The van der Waals surface area contributed by atoms with Crippen LogP contribution in [0.15, 0.2) is 54.6 Å². The fourth-order valence-electron chi connectivity index (χ4n) is 3.34. The molecule has 2 amide bonds. The third-order valence-corrected chi connectivity index (χ3v) is 4.88. The Kier molecular flexibility index (Phi) is 9.76. The molecule has 0 aliphatic carbocycles. The Balaban J connectivity index is 2.29. The summed E-state index contributed by atoms with van der Waals surface area (Å²) >= 11 is 0. The van der Waals surface area contributed by atoms with Gasteiger partial charge in [0.2, 0.25) is 5.91 Å². The van der Waals surface area contributed by atoms with Gasteiger partial charge in [-0.25, -0.2) is 9.59 Å². The number of hydrogen-bond donors (Lipinski definition) is 2. The second-order valence-corrected chi connectivity index (χ2v) is 10.6. The van der Waals surface area contributed by atoms with Gasteiger partial charge in [0.15, 0.2) is 0 Å². The number of non-ortho nitro benzene ring substituents is 1. The molecule has 0 saturated heterocycles. The lowest BCUT2D eigenvalue weighted by atomic mass is 10.0. The molecule has 0 unspecified atom stereocenters. The van der Waals surface area contributed by atoms with Gasteiger partial charge in [-0.05, 0) is 52.7 Å². The Hall–Kier alpha value is -3.95. The van der Waals surface area contributed by atoms with Gasteiger partial charge < -0.3 is 20.1 Å². The van der Waals surface area contributed by atoms with Gasteiger partial charge in [0.1, 0.15) is 23.3 Å². The molecular formula is C27H35N3O7. The highest BCUT2D eigenvalue weighted by Gasteiger charge is 2.31. The summed E-state index contributed by atoms with van der Waals surface area (Å²) < 4.78 is 10.8. The maximum Gasteiger partial charge on any atom is 0.408 e. The van der Waals surface area contributed by atoms with E-state index in [2.05, 4.69) is 10.6 Å². The molecule has 2 aromatic rings. The van der Waals surface area contributed by atoms with Crippen LogP contribution in [0.2, 0.25) is 0 Å². The highest BCUT2D eigenvalue weighted by atomic mass is 16.6. The zero-order valence-corrected chi connectivity index (χ0v) is 22.1. The number of carbonyl (C=O) groups excluding carboxylic acids is 3. The van der Waals surface area contributed by atoms with Crippen LogP contribution in [-0.2, 0) is 31.9 Å². The van der Waals surface area contributed by atoms with Crippen molar-refractivity contribution >= 4 is 23.7 Å². The van der Waals surface area contributed by atoms with E-state index in [9.17, 15) is 24.5 Å². The van der Waals surface area contributed by atoms with Crippen LogP contribution >= 0.6 is 0 Å². The summed E-state index contributed by atoms with van der Waals surface area (Å²) in [6, 6.07) is 12.6. The molecule has 2 atom stereocenters. The summed E-state index contributed by atoms with van der Waals surface area (Å²) in [5, 5.41) is 16.3. The van der Waals surface area contributed by atoms with Gasteiger partial charge in [0.05, 0.1) is 4.92 Å². The zero-order valence-electron chi connectivity index (χ0n) is 22.1. The van der Waals surface area contributed by atoms with Crippen LogP contribution in [0, 0.1) is 10.1 Å². The Bertz CT molecular complexity index is 1090. The lowest BCUT2D eigenvalue weighted by Crippen LogP contribution is -2.54. The smallest absolute Gasteiger partial charge is 0.408 e. The number of nitro benzene ring substituents is 1. The lowest BCUT2D eigenvalue weighted by Gasteiger charge is -2.27. The minimum Gasteiger partial charge on any atom is -0.458 e. The standard InChI is InChI=1S/C27H35N3O7/c1-26(2,3)36-24(32)22(17-19-12-14-20(15-13-19)30(34)35)28-23(31)21(16-18-10-8-7-9-11-18)29-25(33)37-27(4,5)6/h7-15,21-22H,16-17H2,1-6H3,(H,28,31)(H,29,33)/t21-,22-/m0/s1. The molecule has 0 heterocycles. The first-order valence-corrected chi connectivity index (χ1v) is 11.9. The average Bonchev–Trinajstić information content (AvgIpc) is 2.76. The predicted octanol–water partition coefficient (Wildman–Crippen LogP) is 4.10. The number of nitro groups is 1. The van der Waals surface area contributed by atoms with Crippen molar-refractivity contribution in [3.8, 4) is 0 Å². The average molecular weight is 514 g/mol. The van der Waals surface area contributed by atoms with Crippen molar-refractivity contribution in [1.29, 1.82) is 0 Å². The second-order valence-electron chi connectivity index (χ2n) is 10.6. The van der Waals surface area contributed by atoms with Crippen LogP contribution in [-0.4, -0.2) is 46.2 Å². The monoisotopic (exact) mass is 513 g/mol. The van der Waals surface area contributed by atoms with Crippen LogP contribution in [0.1, 0.15) is 52.7 Å². The van der Waals surface area contributed by atoms with Crippen molar-refractivity contribution < 1.29 is 28.8 Å². The van der Waals surface area contributed by atoms with E-state index in [4.69, 9.17) is 9.47 Å². The number of hydrogen-bond acceptors (Lipinski definition) is 7. The van der Waals surface area contributed by atoms with Gasteiger partial charge in [0.25, 0.3) is 5.69 Å². The SMILES string of the molecule is CC(C)(C)OC(=O)N[C@@H](Cc1ccccc1)C(=O)N[C@@H](Cc1ccc([N+](=O)[O-])cc1)C(=O)OC(C)(C)C. The molecule has 2 aromatic carbocycles. The molecule has 0 fully saturated rings. The van der Waals surface area contributed by atoms with Crippen molar-refractivity contribution in [2.24, 2.45) is 0 Å². The number of alkyl carbamates (subject to hydrolysis) is 1. The maximum atomic E-state index is 13.4. The van der Waals surface area contributed by atoms with Crippen LogP contribution in [0.3, 0.4) is 0 Å². The molecule has 0 bridgehead atoms. The third kappa shape index (κ3) is 10.7. The normalized spacial score (nSPS) is 13.1. The summed E-state index contributed by atoms with van der Waals surface area (Å²) in [6.07, 6.45) is -0.582. The first kappa shape index (κ1) is 29.3. The van der Waals surface area contributed by atoms with Crippen molar-refractivity contribution in [3.05, 3.63) is 75.8 Å². The zero-order chi connectivity index (χ0) is 27.8. The molecule has 2 rings (SSSR count). The van der Waals surface area contributed by atoms with E-state index in [1.807, 2.05) is 30.3 Å². The summed E-state index contributed by atoms with van der Waals surface area (Å²) in [4.78, 5) is 49.3. The highest BCUT2D eigenvalue weighted by molar-refractivity contribution is 5.90. The Morgan fingerprint density at radius 3 is 1.81 bits per heavy atom. The Labute approximate surface area is 216 Å². The Morgan fingerprint density at radius 2 is 1.30 bits per heavy atom. The number of nitrogens with one attached hydrogen (secondary N) is 2. The summed E-state index contributed by atoms with van der Waals surface area (Å²) in [6.45, 7) is 10.2. The minimum atomic E-state index is -1.10. The molecule has 37 heavy (non-hydrogen) atoms. The van der Waals surface area contributed by atoms with E-state index in [0.717, 1.165) is 5.56 Å². The van der Waals surface area contributed by atoms with Gasteiger partial charge in [-0.15, -0.1) is 0 Å². The fraction of sp³-hybridized carbons (Fsp3) is 0.444. The molecule has 0 radical (unpaired) electrons. The van der Waals surface area contributed by atoms with Gasteiger partial charge in [-0.2, -0.15) is 0 Å². The van der Waals surface area contributed by atoms with E-state index in [1.165, 1.54) is 24.3 Å². The molecular weight excluding hydrogens is 478 g/mol. The van der Waals surface area contributed by atoms with E-state index in [0.29, 0.717) is 5.56 Å². The van der Waals surface area contributed by atoms with Gasteiger partial charge in [-0.1, -0.05) is 42.5 Å². The number of carbonyl (C=O) groups is 3. The minimum absolute atomic E-state index is 0.0309. The number of benzene rings is 2. The predicted molar refractivity (Wildman–Crippen MR) is 138 cm³/mol.